The standard InChI is InChI=1S/C11H16N6S/c1-4-5-8-9(12-2)13-6-14-10(8)18-11-15-7-16-17(11)3/h6-7H,4-5H2,1-3H3,(H,12,13,14). The van der Waals surface area contributed by atoms with Gasteiger partial charge in [0.1, 0.15) is 23.5 Å². The van der Waals surface area contributed by atoms with Crippen molar-refractivity contribution in [1.29, 1.82) is 0 Å². The molecule has 1 N–H and O–H groups in total. The molecule has 96 valence electrons. The van der Waals surface area contributed by atoms with E-state index in [2.05, 4.69) is 32.3 Å². The quantitative estimate of drug-likeness (QED) is 0.830. The zero-order valence-corrected chi connectivity index (χ0v) is 11.5. The van der Waals surface area contributed by atoms with Crippen LogP contribution in [0.1, 0.15) is 18.9 Å². The van der Waals surface area contributed by atoms with Crippen molar-refractivity contribution in [2.24, 2.45) is 7.05 Å². The fourth-order valence-electron chi connectivity index (χ4n) is 1.64. The molecule has 0 amide bonds. The summed E-state index contributed by atoms with van der Waals surface area (Å²) in [6.45, 7) is 2.14. The van der Waals surface area contributed by atoms with E-state index in [1.165, 1.54) is 11.8 Å². The summed E-state index contributed by atoms with van der Waals surface area (Å²) in [5.74, 6) is 0.886. The van der Waals surface area contributed by atoms with Crippen LogP contribution in [-0.2, 0) is 13.5 Å². The maximum atomic E-state index is 4.35. The van der Waals surface area contributed by atoms with Gasteiger partial charge in [-0.2, -0.15) is 5.10 Å². The van der Waals surface area contributed by atoms with E-state index in [9.17, 15) is 0 Å². The topological polar surface area (TPSA) is 68.5 Å². The van der Waals surface area contributed by atoms with Gasteiger partial charge in [0.15, 0.2) is 5.16 Å². The number of nitrogens with one attached hydrogen (secondary N) is 1. The second kappa shape index (κ2) is 5.81. The molecule has 0 spiro atoms. The van der Waals surface area contributed by atoms with Gasteiger partial charge >= 0.3 is 0 Å². The van der Waals surface area contributed by atoms with Crippen LogP contribution in [0.5, 0.6) is 0 Å². The second-order valence-electron chi connectivity index (χ2n) is 3.77. The Bertz CT molecular complexity index is 524. The van der Waals surface area contributed by atoms with Gasteiger partial charge in [0.2, 0.25) is 0 Å². The molecular formula is C11H16N6S. The highest BCUT2D eigenvalue weighted by molar-refractivity contribution is 7.99. The SMILES string of the molecule is CCCc1c(NC)ncnc1Sc1ncnn1C. The Labute approximate surface area is 110 Å². The van der Waals surface area contributed by atoms with Crippen LogP contribution in [0.15, 0.2) is 22.8 Å². The van der Waals surface area contributed by atoms with Gasteiger partial charge in [0.25, 0.3) is 0 Å². The van der Waals surface area contributed by atoms with Gasteiger partial charge in [0.05, 0.1) is 0 Å². The van der Waals surface area contributed by atoms with Crippen molar-refractivity contribution in [2.45, 2.75) is 29.9 Å². The van der Waals surface area contributed by atoms with E-state index >= 15 is 0 Å². The van der Waals surface area contributed by atoms with Crippen LogP contribution in [0.3, 0.4) is 0 Å². The largest absolute Gasteiger partial charge is 0.373 e. The minimum absolute atomic E-state index is 0.827. The van der Waals surface area contributed by atoms with Crippen molar-refractivity contribution >= 4 is 17.6 Å². The van der Waals surface area contributed by atoms with Crippen LogP contribution in [0, 0.1) is 0 Å². The van der Waals surface area contributed by atoms with E-state index in [0.29, 0.717) is 0 Å². The van der Waals surface area contributed by atoms with Crippen LogP contribution in [0.25, 0.3) is 0 Å². The smallest absolute Gasteiger partial charge is 0.192 e. The summed E-state index contributed by atoms with van der Waals surface area (Å²) in [6.07, 6.45) is 5.11. The monoisotopic (exact) mass is 264 g/mol. The molecule has 2 rings (SSSR count). The molecule has 0 saturated heterocycles. The van der Waals surface area contributed by atoms with Crippen LogP contribution in [-0.4, -0.2) is 31.8 Å². The normalized spacial score (nSPS) is 10.6. The molecule has 6 nitrogen and oxygen atoms in total. The van der Waals surface area contributed by atoms with Gasteiger partial charge in [-0.15, -0.1) is 0 Å². The molecule has 0 saturated carbocycles. The van der Waals surface area contributed by atoms with Crippen LogP contribution < -0.4 is 5.32 Å². The molecule has 2 aromatic heterocycles. The lowest BCUT2D eigenvalue weighted by Gasteiger charge is -2.10. The van der Waals surface area contributed by atoms with Crippen molar-refractivity contribution in [2.75, 3.05) is 12.4 Å². The lowest BCUT2D eigenvalue weighted by atomic mass is 10.2. The lowest BCUT2D eigenvalue weighted by Crippen LogP contribution is -2.03. The third kappa shape index (κ3) is 2.61. The summed E-state index contributed by atoms with van der Waals surface area (Å²) in [4.78, 5) is 12.8. The molecule has 0 unspecified atom stereocenters. The van der Waals surface area contributed by atoms with Gasteiger partial charge in [-0.05, 0) is 18.2 Å². The molecule has 0 fully saturated rings. The maximum Gasteiger partial charge on any atom is 0.192 e. The van der Waals surface area contributed by atoms with Crippen LogP contribution in [0.2, 0.25) is 0 Å². The van der Waals surface area contributed by atoms with Gasteiger partial charge in [-0.25, -0.2) is 19.6 Å². The molecule has 2 heterocycles. The number of rotatable bonds is 5. The Hall–Kier alpha value is -1.63. The lowest BCUT2D eigenvalue weighted by molar-refractivity contribution is 0.684. The highest BCUT2D eigenvalue weighted by atomic mass is 32.2. The first-order chi connectivity index (χ1) is 8.76. The van der Waals surface area contributed by atoms with Crippen LogP contribution in [0.4, 0.5) is 5.82 Å². The zero-order chi connectivity index (χ0) is 13.0. The Morgan fingerprint density at radius 2 is 2.11 bits per heavy atom. The summed E-state index contributed by atoms with van der Waals surface area (Å²) in [5, 5.41) is 8.93. The highest BCUT2D eigenvalue weighted by Gasteiger charge is 2.13. The zero-order valence-electron chi connectivity index (χ0n) is 10.7. The predicted octanol–water partition coefficient (Wildman–Crippen LogP) is 1.75. The second-order valence-corrected chi connectivity index (χ2v) is 4.73. The Morgan fingerprint density at radius 3 is 2.72 bits per heavy atom. The summed E-state index contributed by atoms with van der Waals surface area (Å²) < 4.78 is 1.74. The minimum Gasteiger partial charge on any atom is -0.373 e. The third-order valence-corrected chi connectivity index (χ3v) is 3.60. The van der Waals surface area contributed by atoms with Crippen molar-refractivity contribution in [3.05, 3.63) is 18.2 Å². The average Bonchev–Trinajstić information content (AvgIpc) is 2.77. The van der Waals surface area contributed by atoms with Gasteiger partial charge in [-0.3, -0.25) is 0 Å². The number of aromatic nitrogens is 5. The van der Waals surface area contributed by atoms with Gasteiger partial charge in [-0.1, -0.05) is 13.3 Å². The van der Waals surface area contributed by atoms with E-state index in [-0.39, 0.29) is 0 Å². The molecule has 0 radical (unpaired) electrons. The maximum absolute atomic E-state index is 4.35. The number of anilines is 1. The molecule has 2 aromatic rings. The first-order valence-electron chi connectivity index (χ1n) is 5.79. The van der Waals surface area contributed by atoms with E-state index < -0.39 is 0 Å². The van der Waals surface area contributed by atoms with E-state index in [1.54, 1.807) is 17.3 Å². The first kappa shape index (κ1) is 12.8. The van der Waals surface area contributed by atoms with Crippen molar-refractivity contribution in [1.82, 2.24) is 24.7 Å². The van der Waals surface area contributed by atoms with Crippen molar-refractivity contribution in [3.63, 3.8) is 0 Å². The number of aryl methyl sites for hydroxylation is 1. The molecule has 0 aromatic carbocycles. The van der Waals surface area contributed by atoms with Gasteiger partial charge in [0, 0.05) is 19.7 Å². The summed E-state index contributed by atoms with van der Waals surface area (Å²) in [7, 11) is 3.74. The molecule has 18 heavy (non-hydrogen) atoms. The van der Waals surface area contributed by atoms with Crippen molar-refractivity contribution in [3.8, 4) is 0 Å². The van der Waals surface area contributed by atoms with E-state index in [1.807, 2.05) is 14.1 Å². The molecule has 0 bridgehead atoms. The number of hydrogen-bond acceptors (Lipinski definition) is 6. The molecular weight excluding hydrogens is 248 g/mol. The number of nitrogens with zero attached hydrogens (tertiary/aromatic N) is 5. The molecule has 0 atom stereocenters. The molecule has 0 aliphatic rings. The highest BCUT2D eigenvalue weighted by Crippen LogP contribution is 2.30. The first-order valence-corrected chi connectivity index (χ1v) is 6.61. The summed E-state index contributed by atoms with van der Waals surface area (Å²) >= 11 is 1.52. The van der Waals surface area contributed by atoms with E-state index in [0.717, 1.165) is 34.4 Å². The van der Waals surface area contributed by atoms with Crippen LogP contribution >= 0.6 is 11.8 Å². The summed E-state index contributed by atoms with van der Waals surface area (Å²) in [5.41, 5.74) is 1.13. The Balaban J connectivity index is 2.34. The molecule has 0 aliphatic carbocycles. The van der Waals surface area contributed by atoms with Crippen molar-refractivity contribution < 1.29 is 0 Å². The Morgan fingerprint density at radius 1 is 1.28 bits per heavy atom. The average molecular weight is 264 g/mol. The van der Waals surface area contributed by atoms with Gasteiger partial charge < -0.3 is 5.32 Å². The minimum atomic E-state index is 0.827. The fourth-order valence-corrected chi connectivity index (χ4v) is 2.51. The summed E-state index contributed by atoms with van der Waals surface area (Å²) in [6, 6.07) is 0. The number of hydrogen-bond donors (Lipinski definition) is 1. The predicted molar refractivity (Wildman–Crippen MR) is 70.7 cm³/mol. The third-order valence-electron chi connectivity index (χ3n) is 2.50. The molecule has 7 heteroatoms. The Kier molecular flexibility index (Phi) is 4.14. The molecule has 0 aliphatic heterocycles. The van der Waals surface area contributed by atoms with E-state index in [4.69, 9.17) is 0 Å². The fraction of sp³-hybridized carbons (Fsp3) is 0.455.